The highest BCUT2D eigenvalue weighted by atomic mass is 16.4. The van der Waals surface area contributed by atoms with E-state index in [1.54, 1.807) is 24.3 Å². The number of aromatic carboxylic acids is 1. The van der Waals surface area contributed by atoms with Crippen LogP contribution < -0.4 is 4.90 Å². The molecular formula is C14H17NO2. The van der Waals surface area contributed by atoms with Gasteiger partial charge in [-0.2, -0.15) is 0 Å². The largest absolute Gasteiger partial charge is 0.478 e. The van der Waals surface area contributed by atoms with Crippen LogP contribution in [0.25, 0.3) is 0 Å². The standard InChI is InChI=1S/C14H17NO2/c1-4-8-15(9-5-2)13-10-11(3)6-7-12(13)14(16)17/h4-7,10H,1-2,8-9H2,3H3,(H,16,17). The van der Waals surface area contributed by atoms with E-state index in [0.29, 0.717) is 24.3 Å². The van der Waals surface area contributed by atoms with Crippen molar-refractivity contribution in [2.45, 2.75) is 6.92 Å². The number of benzene rings is 1. The van der Waals surface area contributed by atoms with Gasteiger partial charge in [0, 0.05) is 13.1 Å². The van der Waals surface area contributed by atoms with Crippen molar-refractivity contribution >= 4 is 11.7 Å². The van der Waals surface area contributed by atoms with Gasteiger partial charge in [0.05, 0.1) is 11.3 Å². The van der Waals surface area contributed by atoms with Gasteiger partial charge in [-0.3, -0.25) is 0 Å². The predicted molar refractivity (Wildman–Crippen MR) is 70.7 cm³/mol. The summed E-state index contributed by atoms with van der Waals surface area (Å²) in [5, 5.41) is 9.16. The molecule has 0 radical (unpaired) electrons. The number of anilines is 1. The van der Waals surface area contributed by atoms with E-state index >= 15 is 0 Å². The Bertz CT molecular complexity index is 428. The number of nitrogens with zero attached hydrogens (tertiary/aromatic N) is 1. The number of rotatable bonds is 6. The molecule has 1 aromatic rings. The van der Waals surface area contributed by atoms with Gasteiger partial charge in [0.15, 0.2) is 0 Å². The van der Waals surface area contributed by atoms with Gasteiger partial charge < -0.3 is 10.0 Å². The monoisotopic (exact) mass is 231 g/mol. The van der Waals surface area contributed by atoms with Gasteiger partial charge in [-0.1, -0.05) is 18.2 Å². The molecule has 1 N–H and O–H groups in total. The Morgan fingerprint density at radius 1 is 1.35 bits per heavy atom. The maximum Gasteiger partial charge on any atom is 0.337 e. The average Bonchev–Trinajstić information content (AvgIpc) is 2.28. The van der Waals surface area contributed by atoms with Gasteiger partial charge in [-0.15, -0.1) is 13.2 Å². The van der Waals surface area contributed by atoms with E-state index in [4.69, 9.17) is 5.11 Å². The first-order valence-corrected chi connectivity index (χ1v) is 5.40. The van der Waals surface area contributed by atoms with Crippen LogP contribution in [0.5, 0.6) is 0 Å². The predicted octanol–water partition coefficient (Wildman–Crippen LogP) is 2.87. The molecule has 0 heterocycles. The van der Waals surface area contributed by atoms with Gasteiger partial charge in [0.2, 0.25) is 0 Å². The second kappa shape index (κ2) is 5.89. The van der Waals surface area contributed by atoms with Crippen molar-refractivity contribution in [3.8, 4) is 0 Å². The molecule has 0 fully saturated rings. The molecule has 1 rings (SSSR count). The highest BCUT2D eigenvalue weighted by Gasteiger charge is 2.14. The lowest BCUT2D eigenvalue weighted by Crippen LogP contribution is -2.25. The van der Waals surface area contributed by atoms with Crippen molar-refractivity contribution in [2.75, 3.05) is 18.0 Å². The molecule has 0 aliphatic rings. The smallest absolute Gasteiger partial charge is 0.337 e. The number of hydrogen-bond donors (Lipinski definition) is 1. The maximum atomic E-state index is 11.2. The zero-order valence-electron chi connectivity index (χ0n) is 10.0. The Kier molecular flexibility index (Phi) is 4.52. The first-order chi connectivity index (χ1) is 8.10. The molecule has 0 amide bonds. The Hall–Kier alpha value is -2.03. The maximum absolute atomic E-state index is 11.2. The van der Waals surface area contributed by atoms with Crippen molar-refractivity contribution in [1.29, 1.82) is 0 Å². The van der Waals surface area contributed by atoms with Crippen LogP contribution in [0.4, 0.5) is 5.69 Å². The zero-order valence-corrected chi connectivity index (χ0v) is 10.0. The number of carboxylic acids is 1. The van der Waals surface area contributed by atoms with Gasteiger partial charge >= 0.3 is 5.97 Å². The topological polar surface area (TPSA) is 40.5 Å². The third-order valence-corrected chi connectivity index (χ3v) is 2.42. The van der Waals surface area contributed by atoms with E-state index in [0.717, 1.165) is 5.56 Å². The van der Waals surface area contributed by atoms with E-state index in [-0.39, 0.29) is 0 Å². The summed E-state index contributed by atoms with van der Waals surface area (Å²) in [6.45, 7) is 10.5. The fraction of sp³-hybridized carbons (Fsp3) is 0.214. The summed E-state index contributed by atoms with van der Waals surface area (Å²) in [6, 6.07) is 5.30. The second-order valence-electron chi connectivity index (χ2n) is 3.81. The minimum absolute atomic E-state index is 0.305. The fourth-order valence-electron chi connectivity index (χ4n) is 1.67. The Balaban J connectivity index is 3.22. The summed E-state index contributed by atoms with van der Waals surface area (Å²) >= 11 is 0. The third-order valence-electron chi connectivity index (χ3n) is 2.42. The van der Waals surface area contributed by atoms with Crippen LogP contribution >= 0.6 is 0 Å². The third kappa shape index (κ3) is 3.21. The van der Waals surface area contributed by atoms with Crippen LogP contribution in [0.15, 0.2) is 43.5 Å². The van der Waals surface area contributed by atoms with Crippen molar-refractivity contribution in [1.82, 2.24) is 0 Å². The summed E-state index contributed by atoms with van der Waals surface area (Å²) in [5.74, 6) is -0.918. The molecule has 0 bridgehead atoms. The highest BCUT2D eigenvalue weighted by molar-refractivity contribution is 5.94. The average molecular weight is 231 g/mol. The zero-order chi connectivity index (χ0) is 12.8. The lowest BCUT2D eigenvalue weighted by Gasteiger charge is -2.23. The van der Waals surface area contributed by atoms with Crippen LogP contribution in [0, 0.1) is 6.92 Å². The summed E-state index contributed by atoms with van der Waals surface area (Å²) in [4.78, 5) is 13.1. The van der Waals surface area contributed by atoms with E-state index in [1.807, 2.05) is 17.9 Å². The first kappa shape index (κ1) is 13.0. The molecule has 0 aromatic heterocycles. The van der Waals surface area contributed by atoms with Crippen molar-refractivity contribution in [2.24, 2.45) is 0 Å². The minimum Gasteiger partial charge on any atom is -0.478 e. The molecule has 3 nitrogen and oxygen atoms in total. The Labute approximate surface area is 102 Å². The summed E-state index contributed by atoms with van der Waals surface area (Å²) in [6.07, 6.45) is 3.49. The van der Waals surface area contributed by atoms with Crippen molar-refractivity contribution < 1.29 is 9.90 Å². The van der Waals surface area contributed by atoms with Crippen LogP contribution in [0.3, 0.4) is 0 Å². The molecule has 0 unspecified atom stereocenters. The summed E-state index contributed by atoms with van der Waals surface area (Å²) in [5.41, 5.74) is 2.04. The van der Waals surface area contributed by atoms with Crippen LogP contribution in [-0.4, -0.2) is 24.2 Å². The van der Waals surface area contributed by atoms with Gasteiger partial charge in [0.25, 0.3) is 0 Å². The van der Waals surface area contributed by atoms with Gasteiger partial charge in [0.1, 0.15) is 0 Å². The molecule has 3 heteroatoms. The summed E-state index contributed by atoms with van der Waals surface area (Å²) < 4.78 is 0. The Morgan fingerprint density at radius 2 is 1.94 bits per heavy atom. The van der Waals surface area contributed by atoms with Crippen LogP contribution in [-0.2, 0) is 0 Å². The van der Waals surface area contributed by atoms with E-state index < -0.39 is 5.97 Å². The Morgan fingerprint density at radius 3 is 2.41 bits per heavy atom. The SMILES string of the molecule is C=CCN(CC=C)c1cc(C)ccc1C(=O)O. The lowest BCUT2D eigenvalue weighted by atomic mass is 10.1. The molecule has 17 heavy (non-hydrogen) atoms. The van der Waals surface area contributed by atoms with Gasteiger partial charge in [-0.05, 0) is 24.6 Å². The lowest BCUT2D eigenvalue weighted by molar-refractivity contribution is 0.0697. The molecule has 0 aliphatic heterocycles. The quantitative estimate of drug-likeness (QED) is 0.765. The van der Waals surface area contributed by atoms with Crippen LogP contribution in [0.2, 0.25) is 0 Å². The van der Waals surface area contributed by atoms with E-state index in [1.165, 1.54) is 0 Å². The number of aryl methyl sites for hydroxylation is 1. The van der Waals surface area contributed by atoms with Crippen molar-refractivity contribution in [3.05, 3.63) is 54.6 Å². The first-order valence-electron chi connectivity index (χ1n) is 5.40. The van der Waals surface area contributed by atoms with E-state index in [2.05, 4.69) is 13.2 Å². The molecule has 0 aliphatic carbocycles. The fourth-order valence-corrected chi connectivity index (χ4v) is 1.67. The van der Waals surface area contributed by atoms with E-state index in [9.17, 15) is 4.79 Å². The molecule has 0 atom stereocenters. The molecule has 0 spiro atoms. The summed E-state index contributed by atoms with van der Waals surface area (Å²) in [7, 11) is 0. The van der Waals surface area contributed by atoms with Crippen molar-refractivity contribution in [3.63, 3.8) is 0 Å². The minimum atomic E-state index is -0.918. The van der Waals surface area contributed by atoms with Gasteiger partial charge in [-0.25, -0.2) is 4.79 Å². The highest BCUT2D eigenvalue weighted by Crippen LogP contribution is 2.22. The second-order valence-corrected chi connectivity index (χ2v) is 3.81. The molecule has 0 saturated heterocycles. The molecule has 1 aromatic carbocycles. The molecule has 90 valence electrons. The van der Waals surface area contributed by atoms with Crippen LogP contribution in [0.1, 0.15) is 15.9 Å². The molecular weight excluding hydrogens is 214 g/mol. The number of hydrogen-bond acceptors (Lipinski definition) is 2. The molecule has 0 saturated carbocycles. The number of carboxylic acid groups (broad SMARTS) is 1. The number of carbonyl (C=O) groups is 1. The normalized spacial score (nSPS) is 9.71.